The van der Waals surface area contributed by atoms with Gasteiger partial charge >= 0.3 is 5.97 Å². The van der Waals surface area contributed by atoms with Crippen molar-refractivity contribution in [1.29, 1.82) is 0 Å². The first-order valence-electron chi connectivity index (χ1n) is 7.27. The maximum absolute atomic E-state index is 11.5. The summed E-state index contributed by atoms with van der Waals surface area (Å²) in [6.07, 6.45) is 1.02. The highest BCUT2D eigenvalue weighted by molar-refractivity contribution is 5.81. The molecule has 116 valence electrons. The van der Waals surface area contributed by atoms with E-state index in [9.17, 15) is 9.59 Å². The van der Waals surface area contributed by atoms with Crippen LogP contribution in [0, 0.1) is 0 Å². The molecule has 0 aromatic rings. The van der Waals surface area contributed by atoms with E-state index < -0.39 is 5.97 Å². The van der Waals surface area contributed by atoms with Gasteiger partial charge in [0.2, 0.25) is 0 Å². The maximum atomic E-state index is 11.5. The maximum Gasteiger partial charge on any atom is 0.304 e. The summed E-state index contributed by atoms with van der Waals surface area (Å²) >= 11 is 0. The number of aliphatic carboxylic acids is 1. The standard InChI is InChI=1S/C14H26N2O4/c1-12(13(2)17)16(7-4-14(18)19)6-3-5-15-8-10-20-11-9-15/h12H,3-11H2,1-2H3,(H,18,19). The van der Waals surface area contributed by atoms with Crippen LogP contribution in [0.1, 0.15) is 26.7 Å². The summed E-state index contributed by atoms with van der Waals surface area (Å²) in [7, 11) is 0. The summed E-state index contributed by atoms with van der Waals surface area (Å²) in [6, 6.07) is -0.209. The van der Waals surface area contributed by atoms with Gasteiger partial charge in [-0.1, -0.05) is 0 Å². The third-order valence-corrected chi connectivity index (χ3v) is 3.77. The van der Waals surface area contributed by atoms with E-state index in [1.807, 2.05) is 11.8 Å². The number of hydrogen-bond acceptors (Lipinski definition) is 5. The lowest BCUT2D eigenvalue weighted by molar-refractivity contribution is -0.138. The Labute approximate surface area is 120 Å². The first-order valence-corrected chi connectivity index (χ1v) is 7.27. The van der Waals surface area contributed by atoms with Crippen molar-refractivity contribution in [2.24, 2.45) is 0 Å². The largest absolute Gasteiger partial charge is 0.481 e. The fourth-order valence-corrected chi connectivity index (χ4v) is 2.32. The number of ketones is 1. The van der Waals surface area contributed by atoms with Crippen LogP contribution < -0.4 is 0 Å². The molecule has 0 saturated carbocycles. The van der Waals surface area contributed by atoms with E-state index in [4.69, 9.17) is 9.84 Å². The molecule has 1 aliphatic rings. The van der Waals surface area contributed by atoms with Gasteiger partial charge in [0.25, 0.3) is 0 Å². The highest BCUT2D eigenvalue weighted by Crippen LogP contribution is 2.05. The Hall–Kier alpha value is -0.980. The van der Waals surface area contributed by atoms with Crippen molar-refractivity contribution in [3.8, 4) is 0 Å². The number of carbonyl (C=O) groups excluding carboxylic acids is 1. The topological polar surface area (TPSA) is 70.1 Å². The van der Waals surface area contributed by atoms with Crippen molar-refractivity contribution in [1.82, 2.24) is 9.80 Å². The summed E-state index contributed by atoms with van der Waals surface area (Å²) in [6.45, 7) is 9.04. The average molecular weight is 286 g/mol. The van der Waals surface area contributed by atoms with Crippen LogP contribution in [0.3, 0.4) is 0 Å². The Balaban J connectivity index is 2.34. The van der Waals surface area contributed by atoms with E-state index in [1.165, 1.54) is 0 Å². The molecule has 1 rings (SSSR count). The van der Waals surface area contributed by atoms with Crippen molar-refractivity contribution < 1.29 is 19.4 Å². The van der Waals surface area contributed by atoms with Crippen LogP contribution >= 0.6 is 0 Å². The van der Waals surface area contributed by atoms with Crippen LogP contribution in [0.4, 0.5) is 0 Å². The lowest BCUT2D eigenvalue weighted by Crippen LogP contribution is -2.42. The first kappa shape index (κ1) is 17.1. The SMILES string of the molecule is CC(=O)C(C)N(CCCN1CCOCC1)CCC(=O)O. The van der Waals surface area contributed by atoms with Gasteiger partial charge in [-0.25, -0.2) is 0 Å². The number of carbonyl (C=O) groups is 2. The van der Waals surface area contributed by atoms with Crippen LogP contribution in [-0.2, 0) is 14.3 Å². The molecule has 0 aromatic carbocycles. The predicted molar refractivity (Wildman–Crippen MR) is 75.8 cm³/mol. The Kier molecular flexibility index (Phi) is 7.72. The molecule has 0 aliphatic carbocycles. The molecule has 1 N–H and O–H groups in total. The number of Topliss-reactive ketones (excluding diaryl/α,β-unsaturated/α-hetero) is 1. The van der Waals surface area contributed by atoms with Crippen LogP contribution in [-0.4, -0.2) is 78.6 Å². The molecule has 0 aromatic heterocycles. The van der Waals surface area contributed by atoms with E-state index in [-0.39, 0.29) is 18.2 Å². The van der Waals surface area contributed by atoms with Crippen LogP contribution in [0.25, 0.3) is 0 Å². The Morgan fingerprint density at radius 1 is 1.30 bits per heavy atom. The van der Waals surface area contributed by atoms with Gasteiger partial charge in [-0.05, 0) is 26.8 Å². The lowest BCUT2D eigenvalue weighted by atomic mass is 10.1. The normalized spacial score (nSPS) is 18.1. The van der Waals surface area contributed by atoms with Gasteiger partial charge in [-0.15, -0.1) is 0 Å². The number of carboxylic acid groups (broad SMARTS) is 1. The van der Waals surface area contributed by atoms with E-state index in [0.29, 0.717) is 6.54 Å². The second-order valence-corrected chi connectivity index (χ2v) is 5.27. The number of rotatable bonds is 9. The molecule has 6 heteroatoms. The third-order valence-electron chi connectivity index (χ3n) is 3.77. The van der Waals surface area contributed by atoms with E-state index >= 15 is 0 Å². The van der Waals surface area contributed by atoms with Crippen molar-refractivity contribution in [2.75, 3.05) is 45.9 Å². The van der Waals surface area contributed by atoms with Gasteiger partial charge in [0.1, 0.15) is 5.78 Å². The zero-order valence-corrected chi connectivity index (χ0v) is 12.5. The fourth-order valence-electron chi connectivity index (χ4n) is 2.32. The molecular weight excluding hydrogens is 260 g/mol. The number of nitrogens with zero attached hydrogens (tertiary/aromatic N) is 2. The minimum atomic E-state index is -0.820. The Bertz CT molecular complexity index is 316. The van der Waals surface area contributed by atoms with Gasteiger partial charge in [-0.2, -0.15) is 0 Å². The smallest absolute Gasteiger partial charge is 0.304 e. The molecular formula is C14H26N2O4. The quantitative estimate of drug-likeness (QED) is 0.664. The molecule has 0 spiro atoms. The Morgan fingerprint density at radius 2 is 1.95 bits per heavy atom. The molecule has 1 unspecified atom stereocenters. The molecule has 1 saturated heterocycles. The molecule has 1 aliphatic heterocycles. The first-order chi connectivity index (χ1) is 9.50. The molecule has 20 heavy (non-hydrogen) atoms. The zero-order chi connectivity index (χ0) is 15.0. The second-order valence-electron chi connectivity index (χ2n) is 5.27. The summed E-state index contributed by atoms with van der Waals surface area (Å²) in [5.74, 6) is -0.735. The van der Waals surface area contributed by atoms with Gasteiger partial charge in [0.15, 0.2) is 0 Å². The van der Waals surface area contributed by atoms with Crippen molar-refractivity contribution in [3.63, 3.8) is 0 Å². The number of morpholine rings is 1. The number of hydrogen-bond donors (Lipinski definition) is 1. The summed E-state index contributed by atoms with van der Waals surface area (Å²) in [5, 5.41) is 8.78. The molecule has 0 radical (unpaired) electrons. The highest BCUT2D eigenvalue weighted by Gasteiger charge is 2.19. The van der Waals surface area contributed by atoms with Gasteiger partial charge in [0, 0.05) is 26.2 Å². The summed E-state index contributed by atoms with van der Waals surface area (Å²) in [4.78, 5) is 26.5. The van der Waals surface area contributed by atoms with Crippen LogP contribution in [0.5, 0.6) is 0 Å². The van der Waals surface area contributed by atoms with Gasteiger partial charge in [-0.3, -0.25) is 19.4 Å². The molecule has 1 heterocycles. The molecule has 1 fully saturated rings. The van der Waals surface area contributed by atoms with Crippen molar-refractivity contribution in [3.05, 3.63) is 0 Å². The van der Waals surface area contributed by atoms with Crippen molar-refractivity contribution >= 4 is 11.8 Å². The number of carboxylic acids is 1. The van der Waals surface area contributed by atoms with E-state index in [1.54, 1.807) is 6.92 Å². The lowest BCUT2D eigenvalue weighted by Gasteiger charge is -2.30. The highest BCUT2D eigenvalue weighted by atomic mass is 16.5. The van der Waals surface area contributed by atoms with E-state index in [0.717, 1.165) is 45.8 Å². The molecule has 0 amide bonds. The van der Waals surface area contributed by atoms with E-state index in [2.05, 4.69) is 4.90 Å². The summed E-state index contributed by atoms with van der Waals surface area (Å²) < 4.78 is 5.30. The van der Waals surface area contributed by atoms with Crippen molar-refractivity contribution in [2.45, 2.75) is 32.7 Å². The predicted octanol–water partition coefficient (Wildman–Crippen LogP) is 0.463. The average Bonchev–Trinajstić information content (AvgIpc) is 2.42. The molecule has 0 bridgehead atoms. The minimum absolute atomic E-state index is 0.0785. The molecule has 6 nitrogen and oxygen atoms in total. The fraction of sp³-hybridized carbons (Fsp3) is 0.857. The minimum Gasteiger partial charge on any atom is -0.481 e. The van der Waals surface area contributed by atoms with Crippen LogP contribution in [0.15, 0.2) is 0 Å². The molecule has 1 atom stereocenters. The second kappa shape index (κ2) is 9.05. The zero-order valence-electron chi connectivity index (χ0n) is 12.5. The summed E-state index contributed by atoms with van der Waals surface area (Å²) in [5.41, 5.74) is 0. The van der Waals surface area contributed by atoms with Gasteiger partial charge in [0.05, 0.1) is 25.7 Å². The van der Waals surface area contributed by atoms with Gasteiger partial charge < -0.3 is 9.84 Å². The monoisotopic (exact) mass is 286 g/mol. The number of ether oxygens (including phenoxy) is 1. The third kappa shape index (κ3) is 6.45. The van der Waals surface area contributed by atoms with Crippen LogP contribution in [0.2, 0.25) is 0 Å². The Morgan fingerprint density at radius 3 is 2.50 bits per heavy atom.